The van der Waals surface area contributed by atoms with Crippen molar-refractivity contribution in [2.45, 2.75) is 99.0 Å². The second-order valence-corrected chi connectivity index (χ2v) is 13.8. The summed E-state index contributed by atoms with van der Waals surface area (Å²) in [4.78, 5) is 78.5. The Morgan fingerprint density at radius 2 is 1.58 bits per heavy atom. The Morgan fingerprint density at radius 3 is 2.16 bits per heavy atom. The largest absolute Gasteiger partial charge is 0.481 e. The monoisotopic (exact) mass is 528 g/mol. The summed E-state index contributed by atoms with van der Waals surface area (Å²) in [6, 6.07) is 0. The molecule has 0 aliphatic heterocycles. The molecule has 0 radical (unpaired) electrons. The molecule has 0 aromatic heterocycles. The molecule has 0 bridgehead atoms. The van der Waals surface area contributed by atoms with Crippen molar-refractivity contribution in [3.05, 3.63) is 11.1 Å². The van der Waals surface area contributed by atoms with Gasteiger partial charge in [0.2, 0.25) is 0 Å². The predicted octanol–water partition coefficient (Wildman–Crippen LogP) is 3.66. The van der Waals surface area contributed by atoms with Gasteiger partial charge in [0, 0.05) is 66.4 Å². The minimum absolute atomic E-state index is 0.0570. The number of fused-ring (bicyclic) bond motifs is 4. The number of ketones is 5. The highest BCUT2D eigenvalue weighted by Crippen LogP contribution is 2.70. The van der Waals surface area contributed by atoms with Crippen molar-refractivity contribution in [3.63, 3.8) is 0 Å². The molecule has 8 nitrogen and oxygen atoms in total. The molecule has 0 saturated heterocycles. The lowest BCUT2D eigenvalue weighted by Crippen LogP contribution is -2.60. The van der Waals surface area contributed by atoms with Gasteiger partial charge in [-0.2, -0.15) is 0 Å². The first-order valence-electron chi connectivity index (χ1n) is 13.6. The van der Waals surface area contributed by atoms with Gasteiger partial charge in [0.15, 0.2) is 11.6 Å². The normalized spacial score (nSPS) is 38.7. The van der Waals surface area contributed by atoms with E-state index in [-0.39, 0.29) is 66.7 Å². The average Bonchev–Trinajstić information content (AvgIpc) is 2.99. The Morgan fingerprint density at radius 1 is 0.974 bits per heavy atom. The zero-order valence-electron chi connectivity index (χ0n) is 23.5. The van der Waals surface area contributed by atoms with Gasteiger partial charge < -0.3 is 10.2 Å². The van der Waals surface area contributed by atoms with Gasteiger partial charge >= 0.3 is 5.97 Å². The van der Waals surface area contributed by atoms with Crippen LogP contribution in [-0.2, 0) is 28.8 Å². The summed E-state index contributed by atoms with van der Waals surface area (Å²) in [7, 11) is 0. The molecule has 0 aromatic rings. The lowest BCUT2D eigenvalue weighted by molar-refractivity contribution is -0.150. The quantitative estimate of drug-likeness (QED) is 0.532. The van der Waals surface area contributed by atoms with E-state index in [1.54, 1.807) is 13.8 Å². The number of carbonyl (C=O) groups excluding carboxylic acids is 5. The van der Waals surface area contributed by atoms with Crippen molar-refractivity contribution >= 4 is 34.9 Å². The summed E-state index contributed by atoms with van der Waals surface area (Å²) >= 11 is 0. The van der Waals surface area contributed by atoms with Crippen LogP contribution in [0.4, 0.5) is 0 Å². The number of carbonyl (C=O) groups is 6. The molecule has 7 unspecified atom stereocenters. The molecular weight excluding hydrogens is 488 g/mol. The molecule has 2 fully saturated rings. The standard InChI is InChI=1S/C30H40O8/c1-15(25(36)37)10-16(31)13-29(6,38)20-12-22(35)30(7)24-17(32)11-19-26(2,3)21(34)8-9-27(19,4)23(24)18(33)14-28(20,30)5/h15,19-20,38H,8-14H2,1-7H3,(H,36,37). The molecule has 38 heavy (non-hydrogen) atoms. The molecule has 208 valence electrons. The van der Waals surface area contributed by atoms with E-state index in [4.69, 9.17) is 5.11 Å². The smallest absolute Gasteiger partial charge is 0.306 e. The molecule has 2 saturated carbocycles. The van der Waals surface area contributed by atoms with Gasteiger partial charge in [-0.15, -0.1) is 0 Å². The fraction of sp³-hybridized carbons (Fsp3) is 0.733. The van der Waals surface area contributed by atoms with E-state index in [9.17, 15) is 33.9 Å². The Labute approximate surface area is 223 Å². The number of Topliss-reactive ketones (excluding diaryl/α,β-unsaturated/α-hetero) is 5. The third-order valence-corrected chi connectivity index (χ3v) is 11.1. The average molecular weight is 529 g/mol. The fourth-order valence-corrected chi connectivity index (χ4v) is 8.70. The van der Waals surface area contributed by atoms with E-state index < -0.39 is 50.8 Å². The van der Waals surface area contributed by atoms with Crippen molar-refractivity contribution in [1.29, 1.82) is 0 Å². The highest BCUT2D eigenvalue weighted by atomic mass is 16.4. The van der Waals surface area contributed by atoms with Crippen LogP contribution in [-0.4, -0.2) is 50.7 Å². The highest BCUT2D eigenvalue weighted by Gasteiger charge is 2.72. The first-order valence-corrected chi connectivity index (χ1v) is 13.6. The molecular formula is C30H40O8. The third kappa shape index (κ3) is 3.65. The van der Waals surface area contributed by atoms with E-state index in [1.165, 1.54) is 13.8 Å². The minimum atomic E-state index is -1.68. The summed E-state index contributed by atoms with van der Waals surface area (Å²) in [5.74, 6) is -4.26. The van der Waals surface area contributed by atoms with Crippen molar-refractivity contribution in [2.75, 3.05) is 0 Å². The summed E-state index contributed by atoms with van der Waals surface area (Å²) in [6.45, 7) is 12.0. The van der Waals surface area contributed by atoms with Crippen LogP contribution < -0.4 is 0 Å². The highest BCUT2D eigenvalue weighted by molar-refractivity contribution is 6.16. The molecule has 2 N–H and O–H groups in total. The maximum absolute atomic E-state index is 14.0. The number of allylic oxidation sites excluding steroid dienone is 2. The number of aliphatic carboxylic acids is 1. The second kappa shape index (κ2) is 8.51. The SMILES string of the molecule is CC(CC(=O)CC(C)(O)C1CC(=O)C2(C)C3=C(C(=O)CC12C)C1(C)CCC(=O)C(C)(C)C1CC3=O)C(=O)O. The van der Waals surface area contributed by atoms with Crippen LogP contribution in [0.1, 0.15) is 93.4 Å². The number of aliphatic hydroxyl groups is 1. The number of hydrogen-bond donors (Lipinski definition) is 2. The molecule has 8 heteroatoms. The zero-order chi connectivity index (χ0) is 28.8. The summed E-state index contributed by atoms with van der Waals surface area (Å²) in [5, 5.41) is 20.8. The first kappa shape index (κ1) is 28.5. The van der Waals surface area contributed by atoms with Gasteiger partial charge in [-0.25, -0.2) is 0 Å². The number of carboxylic acid groups (broad SMARTS) is 1. The summed E-state index contributed by atoms with van der Waals surface area (Å²) in [6.07, 6.45) is 0.0682. The summed E-state index contributed by atoms with van der Waals surface area (Å²) in [5.41, 5.74) is -4.97. The van der Waals surface area contributed by atoms with E-state index >= 15 is 0 Å². The Balaban J connectivity index is 1.80. The molecule has 0 heterocycles. The molecule has 4 rings (SSSR count). The van der Waals surface area contributed by atoms with Gasteiger partial charge in [-0.3, -0.25) is 28.8 Å². The Hall–Kier alpha value is -2.48. The molecule has 0 amide bonds. The Bertz CT molecular complexity index is 1200. The lowest BCUT2D eigenvalue weighted by atomic mass is 9.42. The van der Waals surface area contributed by atoms with E-state index in [2.05, 4.69) is 0 Å². The van der Waals surface area contributed by atoms with Crippen molar-refractivity contribution in [1.82, 2.24) is 0 Å². The van der Waals surface area contributed by atoms with Gasteiger partial charge in [0.05, 0.1) is 16.9 Å². The Kier molecular flexibility index (Phi) is 6.39. The van der Waals surface area contributed by atoms with Crippen LogP contribution in [0.3, 0.4) is 0 Å². The lowest BCUT2D eigenvalue weighted by Gasteiger charge is -2.58. The number of carboxylic acids is 1. The number of rotatable bonds is 6. The van der Waals surface area contributed by atoms with Crippen molar-refractivity contribution in [3.8, 4) is 0 Å². The van der Waals surface area contributed by atoms with E-state index in [1.807, 2.05) is 20.8 Å². The zero-order valence-corrected chi connectivity index (χ0v) is 23.5. The first-order chi connectivity index (χ1) is 17.2. The maximum Gasteiger partial charge on any atom is 0.306 e. The minimum Gasteiger partial charge on any atom is -0.481 e. The molecule has 0 aromatic carbocycles. The van der Waals surface area contributed by atoms with E-state index in [0.29, 0.717) is 18.4 Å². The van der Waals surface area contributed by atoms with Crippen LogP contribution >= 0.6 is 0 Å². The van der Waals surface area contributed by atoms with Crippen LogP contribution in [0, 0.1) is 39.4 Å². The predicted molar refractivity (Wildman–Crippen MR) is 137 cm³/mol. The molecule has 0 spiro atoms. The van der Waals surface area contributed by atoms with Gasteiger partial charge in [-0.1, -0.05) is 34.6 Å². The fourth-order valence-electron chi connectivity index (χ4n) is 8.70. The van der Waals surface area contributed by atoms with Crippen molar-refractivity contribution < 1.29 is 39.0 Å². The van der Waals surface area contributed by atoms with E-state index in [0.717, 1.165) is 0 Å². The van der Waals surface area contributed by atoms with Gasteiger partial charge in [-0.05, 0) is 31.6 Å². The summed E-state index contributed by atoms with van der Waals surface area (Å²) < 4.78 is 0. The van der Waals surface area contributed by atoms with Gasteiger partial charge in [0.25, 0.3) is 0 Å². The van der Waals surface area contributed by atoms with Crippen LogP contribution in [0.25, 0.3) is 0 Å². The molecule has 4 aliphatic carbocycles. The maximum atomic E-state index is 14.0. The van der Waals surface area contributed by atoms with Crippen LogP contribution in [0.2, 0.25) is 0 Å². The second-order valence-electron chi connectivity index (χ2n) is 13.8. The molecule has 4 aliphatic rings. The molecule has 7 atom stereocenters. The van der Waals surface area contributed by atoms with Crippen LogP contribution in [0.15, 0.2) is 11.1 Å². The van der Waals surface area contributed by atoms with Gasteiger partial charge in [0.1, 0.15) is 17.3 Å². The third-order valence-electron chi connectivity index (χ3n) is 11.1. The van der Waals surface area contributed by atoms with Crippen LogP contribution in [0.5, 0.6) is 0 Å². The number of hydrogen-bond acceptors (Lipinski definition) is 7. The topological polar surface area (TPSA) is 143 Å². The van der Waals surface area contributed by atoms with Crippen molar-refractivity contribution in [2.24, 2.45) is 39.4 Å².